The van der Waals surface area contributed by atoms with E-state index in [1.165, 1.54) is 18.2 Å². The molecule has 1 aromatic carbocycles. The standard InChI is InChI=1S/C18H17Cl2F2N5O2/c19-8-3-13(22)15(25-6-8)16(28)26-9-1-2-12(20)10(4-9)18(7-21,27-17(24)29)11-5-14(11)23/h1-4,6,11,14H,5,7,23H2,(H,26,28)(H3,24,27,29)/t11-,14+,18+/m0/s1. The quantitative estimate of drug-likeness (QED) is 0.547. The van der Waals surface area contributed by atoms with Crippen LogP contribution >= 0.6 is 23.2 Å². The van der Waals surface area contributed by atoms with Gasteiger partial charge in [-0.15, -0.1) is 0 Å². The molecular formula is C18H17Cl2F2N5O2. The average Bonchev–Trinajstić information content (AvgIpc) is 3.38. The largest absolute Gasteiger partial charge is 0.352 e. The van der Waals surface area contributed by atoms with E-state index in [4.69, 9.17) is 34.7 Å². The Morgan fingerprint density at radius 1 is 1.31 bits per heavy atom. The monoisotopic (exact) mass is 443 g/mol. The minimum Gasteiger partial charge on any atom is -0.352 e. The van der Waals surface area contributed by atoms with Crippen LogP contribution in [0.4, 0.5) is 19.3 Å². The van der Waals surface area contributed by atoms with E-state index in [0.29, 0.717) is 6.42 Å². The lowest BCUT2D eigenvalue weighted by Gasteiger charge is -2.33. The van der Waals surface area contributed by atoms with E-state index in [-0.39, 0.29) is 27.3 Å². The van der Waals surface area contributed by atoms with Crippen molar-refractivity contribution in [1.82, 2.24) is 10.3 Å². The van der Waals surface area contributed by atoms with Crippen molar-refractivity contribution >= 4 is 40.8 Å². The Morgan fingerprint density at radius 3 is 2.55 bits per heavy atom. The Morgan fingerprint density at radius 2 is 2.00 bits per heavy atom. The maximum atomic E-state index is 14.2. The fourth-order valence-electron chi connectivity index (χ4n) is 3.28. The van der Waals surface area contributed by atoms with Crippen molar-refractivity contribution in [3.63, 3.8) is 0 Å². The minimum absolute atomic E-state index is 0.0406. The number of pyridine rings is 1. The molecule has 1 saturated carbocycles. The molecule has 2 aromatic rings. The molecule has 1 aliphatic rings. The van der Waals surface area contributed by atoms with E-state index in [2.05, 4.69) is 15.6 Å². The number of amides is 3. The summed E-state index contributed by atoms with van der Waals surface area (Å²) in [6, 6.07) is 3.90. The number of alkyl halides is 1. The van der Waals surface area contributed by atoms with Crippen LogP contribution in [0.5, 0.6) is 0 Å². The summed E-state index contributed by atoms with van der Waals surface area (Å²) >= 11 is 11.9. The number of nitrogens with zero attached hydrogens (tertiary/aromatic N) is 1. The van der Waals surface area contributed by atoms with Gasteiger partial charge in [-0.3, -0.25) is 4.79 Å². The molecule has 1 aromatic heterocycles. The van der Waals surface area contributed by atoms with E-state index < -0.39 is 41.6 Å². The van der Waals surface area contributed by atoms with Gasteiger partial charge in [0.15, 0.2) is 11.5 Å². The van der Waals surface area contributed by atoms with Crippen LogP contribution in [0.2, 0.25) is 10.0 Å². The number of carbonyl (C=O) groups excluding carboxylic acids is 2. The van der Waals surface area contributed by atoms with Crippen LogP contribution in [0.1, 0.15) is 22.5 Å². The van der Waals surface area contributed by atoms with Crippen molar-refractivity contribution in [2.75, 3.05) is 12.0 Å². The zero-order valence-electron chi connectivity index (χ0n) is 14.9. The lowest BCUT2D eigenvalue weighted by atomic mass is 9.85. The van der Waals surface area contributed by atoms with E-state index in [9.17, 15) is 18.4 Å². The molecule has 6 N–H and O–H groups in total. The van der Waals surface area contributed by atoms with Crippen molar-refractivity contribution in [2.45, 2.75) is 18.0 Å². The summed E-state index contributed by atoms with van der Waals surface area (Å²) in [5, 5.41) is 5.07. The Hall–Kier alpha value is -2.49. The van der Waals surface area contributed by atoms with Gasteiger partial charge in [0.1, 0.15) is 12.2 Å². The van der Waals surface area contributed by atoms with Crippen molar-refractivity contribution in [2.24, 2.45) is 17.4 Å². The van der Waals surface area contributed by atoms with Gasteiger partial charge in [-0.1, -0.05) is 23.2 Å². The summed E-state index contributed by atoms with van der Waals surface area (Å²) in [6.07, 6.45) is 1.59. The van der Waals surface area contributed by atoms with Gasteiger partial charge >= 0.3 is 6.03 Å². The van der Waals surface area contributed by atoms with Gasteiger partial charge in [-0.25, -0.2) is 18.6 Å². The highest BCUT2D eigenvalue weighted by Crippen LogP contribution is 2.47. The first kappa shape index (κ1) is 21.2. The average molecular weight is 444 g/mol. The zero-order chi connectivity index (χ0) is 21.3. The van der Waals surface area contributed by atoms with E-state index in [1.807, 2.05) is 0 Å². The van der Waals surface area contributed by atoms with Crippen LogP contribution in [0.15, 0.2) is 30.5 Å². The molecule has 0 saturated heterocycles. The molecule has 154 valence electrons. The minimum atomic E-state index is -1.55. The number of nitrogens with one attached hydrogen (secondary N) is 2. The third kappa shape index (κ3) is 4.26. The summed E-state index contributed by atoms with van der Waals surface area (Å²) in [7, 11) is 0. The highest BCUT2D eigenvalue weighted by Gasteiger charge is 2.54. The highest BCUT2D eigenvalue weighted by molar-refractivity contribution is 6.31. The molecule has 1 fully saturated rings. The molecule has 3 atom stereocenters. The molecule has 1 heterocycles. The second-order valence-electron chi connectivity index (χ2n) is 6.73. The molecule has 0 spiro atoms. The maximum Gasteiger partial charge on any atom is 0.312 e. The molecule has 3 rings (SSSR count). The number of halogens is 4. The number of aromatic nitrogens is 1. The molecule has 0 radical (unpaired) electrons. The predicted molar refractivity (Wildman–Crippen MR) is 105 cm³/mol. The summed E-state index contributed by atoms with van der Waals surface area (Å²) in [4.78, 5) is 27.6. The number of hydrogen-bond donors (Lipinski definition) is 4. The number of anilines is 1. The molecule has 0 bridgehead atoms. The molecule has 11 heteroatoms. The molecule has 1 aliphatic carbocycles. The Kier molecular flexibility index (Phi) is 5.92. The van der Waals surface area contributed by atoms with Gasteiger partial charge in [0.2, 0.25) is 0 Å². The first-order valence-corrected chi connectivity index (χ1v) is 9.25. The number of nitrogens with two attached hydrogens (primary N) is 2. The van der Waals surface area contributed by atoms with Crippen LogP contribution < -0.4 is 22.1 Å². The highest BCUT2D eigenvalue weighted by atomic mass is 35.5. The van der Waals surface area contributed by atoms with Gasteiger partial charge in [-0.05, 0) is 30.7 Å². The van der Waals surface area contributed by atoms with Crippen LogP contribution in [0.25, 0.3) is 0 Å². The number of urea groups is 1. The maximum absolute atomic E-state index is 14.2. The molecule has 0 aliphatic heterocycles. The Labute approximate surface area is 174 Å². The molecule has 0 unspecified atom stereocenters. The summed E-state index contributed by atoms with van der Waals surface area (Å²) in [5.74, 6) is -2.18. The van der Waals surface area contributed by atoms with Crippen LogP contribution in [-0.2, 0) is 5.54 Å². The second-order valence-corrected chi connectivity index (χ2v) is 7.58. The predicted octanol–water partition coefficient (Wildman–Crippen LogP) is 2.96. The number of benzene rings is 1. The third-order valence-corrected chi connectivity index (χ3v) is 5.29. The fraction of sp³-hybridized carbons (Fsp3) is 0.278. The smallest absolute Gasteiger partial charge is 0.312 e. The van der Waals surface area contributed by atoms with Crippen LogP contribution in [0, 0.1) is 11.7 Å². The number of hydrogen-bond acceptors (Lipinski definition) is 4. The van der Waals surface area contributed by atoms with Crippen LogP contribution in [-0.4, -0.2) is 29.6 Å². The normalized spacial score (nSPS) is 19.9. The van der Waals surface area contributed by atoms with E-state index >= 15 is 0 Å². The van der Waals surface area contributed by atoms with Crippen molar-refractivity contribution in [3.8, 4) is 0 Å². The molecule has 7 nitrogen and oxygen atoms in total. The number of carbonyl (C=O) groups is 2. The fourth-order valence-corrected chi connectivity index (χ4v) is 3.71. The molecule has 3 amide bonds. The summed E-state index contributed by atoms with van der Waals surface area (Å²) < 4.78 is 28.1. The van der Waals surface area contributed by atoms with Gasteiger partial charge in [0.05, 0.1) is 5.02 Å². The zero-order valence-corrected chi connectivity index (χ0v) is 16.4. The van der Waals surface area contributed by atoms with Crippen molar-refractivity contribution in [3.05, 3.63) is 57.6 Å². The van der Waals surface area contributed by atoms with Gasteiger partial charge in [-0.2, -0.15) is 0 Å². The summed E-state index contributed by atoms with van der Waals surface area (Å²) in [6.45, 7) is -1.02. The summed E-state index contributed by atoms with van der Waals surface area (Å²) in [5.41, 5.74) is 9.49. The van der Waals surface area contributed by atoms with Crippen LogP contribution in [0.3, 0.4) is 0 Å². The van der Waals surface area contributed by atoms with Gasteiger partial charge in [0, 0.05) is 34.4 Å². The lowest BCUT2D eigenvalue weighted by molar-refractivity contribution is 0.101. The first-order chi connectivity index (χ1) is 13.7. The second kappa shape index (κ2) is 8.10. The molecule has 29 heavy (non-hydrogen) atoms. The van der Waals surface area contributed by atoms with Crippen molar-refractivity contribution in [1.29, 1.82) is 0 Å². The van der Waals surface area contributed by atoms with Crippen molar-refractivity contribution < 1.29 is 18.4 Å². The van der Waals surface area contributed by atoms with Gasteiger partial charge in [0.25, 0.3) is 5.91 Å². The first-order valence-electron chi connectivity index (χ1n) is 8.49. The number of primary amides is 1. The number of rotatable bonds is 6. The Balaban J connectivity index is 1.96. The van der Waals surface area contributed by atoms with E-state index in [0.717, 1.165) is 12.3 Å². The third-order valence-electron chi connectivity index (χ3n) is 4.76. The Bertz CT molecular complexity index is 977. The van der Waals surface area contributed by atoms with Gasteiger partial charge < -0.3 is 22.1 Å². The topological polar surface area (TPSA) is 123 Å². The SMILES string of the molecule is NC(=O)N[C@](CF)(c1cc(NC(=O)c2ncc(Cl)cc2F)ccc1Cl)[C@H]1C[C@H]1N. The molecular weight excluding hydrogens is 427 g/mol. The van der Waals surface area contributed by atoms with E-state index in [1.54, 1.807) is 0 Å². The lowest BCUT2D eigenvalue weighted by Crippen LogP contribution is -2.52.